The van der Waals surface area contributed by atoms with Crippen molar-refractivity contribution >= 4 is 22.6 Å². The summed E-state index contributed by atoms with van der Waals surface area (Å²) in [6, 6.07) is 6.72. The average molecular weight is 334 g/mol. The molecule has 0 aliphatic heterocycles. The van der Waals surface area contributed by atoms with E-state index < -0.39 is 0 Å². The van der Waals surface area contributed by atoms with Crippen LogP contribution in [0.5, 0.6) is 0 Å². The van der Waals surface area contributed by atoms with Crippen LogP contribution in [0.1, 0.15) is 31.4 Å². The largest absolute Gasteiger partial charge is 0.369 e. The molecule has 0 N–H and O–H groups in total. The van der Waals surface area contributed by atoms with E-state index >= 15 is 0 Å². The molecule has 0 spiro atoms. The van der Waals surface area contributed by atoms with Crippen molar-refractivity contribution < 1.29 is 9.13 Å². The topological polar surface area (TPSA) is 9.23 Å². The Balaban J connectivity index is 2.03. The number of benzene rings is 1. The smallest absolute Gasteiger partial charge is 0.123 e. The van der Waals surface area contributed by atoms with Gasteiger partial charge in [-0.3, -0.25) is 0 Å². The summed E-state index contributed by atoms with van der Waals surface area (Å²) < 4.78 is 20.0. The summed E-state index contributed by atoms with van der Waals surface area (Å²) in [6.07, 6.45) is 2.87. The first-order chi connectivity index (χ1) is 7.70. The van der Waals surface area contributed by atoms with Crippen LogP contribution in [-0.2, 0) is 4.74 Å². The summed E-state index contributed by atoms with van der Waals surface area (Å²) in [7, 11) is 0. The molecule has 0 amide bonds. The molecule has 0 radical (unpaired) electrons. The maximum atomic E-state index is 13.1. The van der Waals surface area contributed by atoms with Gasteiger partial charge in [-0.25, -0.2) is 4.39 Å². The lowest BCUT2D eigenvalue weighted by Crippen LogP contribution is -2.16. The minimum absolute atomic E-state index is 0.0203. The number of alkyl halides is 1. The summed E-state index contributed by atoms with van der Waals surface area (Å²) in [4.78, 5) is 0. The maximum Gasteiger partial charge on any atom is 0.123 e. The molecule has 0 bridgehead atoms. The predicted molar refractivity (Wildman–Crippen MR) is 71.3 cm³/mol. The highest BCUT2D eigenvalue weighted by molar-refractivity contribution is 14.1. The number of hydrogen-bond donors (Lipinski definition) is 0. The van der Waals surface area contributed by atoms with Crippen LogP contribution in [0.2, 0.25) is 0 Å². The highest BCUT2D eigenvalue weighted by Gasteiger charge is 2.30. The lowest BCUT2D eigenvalue weighted by atomic mass is 10.1. The van der Waals surface area contributed by atoms with Gasteiger partial charge >= 0.3 is 0 Å². The Morgan fingerprint density at radius 1 is 1.50 bits per heavy atom. The van der Waals surface area contributed by atoms with Crippen LogP contribution in [0.25, 0.3) is 0 Å². The first-order valence-corrected chi connectivity index (χ1v) is 7.20. The SMILES string of the molecule is CC(OC(CI)c1cccc(F)c1)C1CC1. The molecule has 1 aromatic rings. The highest BCUT2D eigenvalue weighted by atomic mass is 127. The lowest BCUT2D eigenvalue weighted by Gasteiger charge is -2.21. The van der Waals surface area contributed by atoms with E-state index in [-0.39, 0.29) is 11.9 Å². The van der Waals surface area contributed by atoms with Crippen LogP contribution >= 0.6 is 22.6 Å². The van der Waals surface area contributed by atoms with Crippen LogP contribution in [0.15, 0.2) is 24.3 Å². The molecule has 0 heterocycles. The monoisotopic (exact) mass is 334 g/mol. The van der Waals surface area contributed by atoms with Gasteiger partial charge in [0.15, 0.2) is 0 Å². The third-order valence-electron chi connectivity index (χ3n) is 3.03. The van der Waals surface area contributed by atoms with Crippen molar-refractivity contribution in [3.8, 4) is 0 Å². The van der Waals surface area contributed by atoms with E-state index in [0.29, 0.717) is 6.10 Å². The van der Waals surface area contributed by atoms with Gasteiger partial charge in [0.05, 0.1) is 12.2 Å². The van der Waals surface area contributed by atoms with Crippen molar-refractivity contribution in [3.63, 3.8) is 0 Å². The molecule has 0 aromatic heterocycles. The van der Waals surface area contributed by atoms with Crippen LogP contribution in [0, 0.1) is 11.7 Å². The molecular weight excluding hydrogens is 318 g/mol. The molecule has 1 aliphatic carbocycles. The Kier molecular flexibility index (Phi) is 4.19. The van der Waals surface area contributed by atoms with Gasteiger partial charge in [-0.2, -0.15) is 0 Å². The molecule has 1 aliphatic rings. The molecule has 1 fully saturated rings. The number of rotatable bonds is 5. The van der Waals surface area contributed by atoms with E-state index in [4.69, 9.17) is 4.74 Å². The third kappa shape index (κ3) is 3.17. The minimum atomic E-state index is -0.185. The van der Waals surface area contributed by atoms with Gasteiger partial charge in [-0.15, -0.1) is 0 Å². The summed E-state index contributed by atoms with van der Waals surface area (Å²) >= 11 is 2.29. The van der Waals surface area contributed by atoms with Gasteiger partial charge in [0.25, 0.3) is 0 Å². The molecule has 2 atom stereocenters. The molecule has 3 heteroatoms. The number of halogens is 2. The van der Waals surface area contributed by atoms with Crippen LogP contribution in [0.3, 0.4) is 0 Å². The second-order valence-electron chi connectivity index (χ2n) is 4.38. The van der Waals surface area contributed by atoms with Crippen molar-refractivity contribution in [2.75, 3.05) is 4.43 Å². The average Bonchev–Trinajstić information content (AvgIpc) is 3.09. The van der Waals surface area contributed by atoms with E-state index in [1.54, 1.807) is 12.1 Å². The molecule has 2 unspecified atom stereocenters. The zero-order valence-electron chi connectivity index (χ0n) is 9.33. The predicted octanol–water partition coefficient (Wildman–Crippen LogP) is 4.12. The van der Waals surface area contributed by atoms with Crippen LogP contribution in [0.4, 0.5) is 4.39 Å². The first kappa shape index (κ1) is 12.3. The van der Waals surface area contributed by atoms with E-state index in [9.17, 15) is 4.39 Å². The number of ether oxygens (including phenoxy) is 1. The van der Waals surface area contributed by atoms with E-state index in [1.807, 2.05) is 6.07 Å². The normalized spacial score (nSPS) is 19.4. The molecule has 88 valence electrons. The minimum Gasteiger partial charge on any atom is -0.369 e. The van der Waals surface area contributed by atoms with Crippen molar-refractivity contribution in [1.29, 1.82) is 0 Å². The quantitative estimate of drug-likeness (QED) is 0.581. The first-order valence-electron chi connectivity index (χ1n) is 5.67. The molecule has 2 rings (SSSR count). The van der Waals surface area contributed by atoms with Gasteiger partial charge in [0, 0.05) is 4.43 Å². The zero-order valence-corrected chi connectivity index (χ0v) is 11.5. The Labute approximate surface area is 110 Å². The van der Waals surface area contributed by atoms with Gasteiger partial charge < -0.3 is 4.74 Å². The molecule has 1 nitrogen and oxygen atoms in total. The molecule has 0 saturated heterocycles. The third-order valence-corrected chi connectivity index (χ3v) is 3.83. The van der Waals surface area contributed by atoms with Gasteiger partial charge in [-0.05, 0) is 43.4 Å². The van der Waals surface area contributed by atoms with Gasteiger partial charge in [0.2, 0.25) is 0 Å². The van der Waals surface area contributed by atoms with E-state index in [1.165, 1.54) is 18.9 Å². The fourth-order valence-electron chi connectivity index (χ4n) is 1.85. The van der Waals surface area contributed by atoms with Crippen LogP contribution < -0.4 is 0 Å². The second kappa shape index (κ2) is 5.45. The second-order valence-corrected chi connectivity index (χ2v) is 5.26. The summed E-state index contributed by atoms with van der Waals surface area (Å²) in [5.74, 6) is 0.536. The van der Waals surface area contributed by atoms with Gasteiger partial charge in [-0.1, -0.05) is 34.7 Å². The molecule has 16 heavy (non-hydrogen) atoms. The summed E-state index contributed by atoms with van der Waals surface area (Å²) in [5, 5.41) is 0. The Morgan fingerprint density at radius 2 is 2.25 bits per heavy atom. The van der Waals surface area contributed by atoms with E-state index in [0.717, 1.165) is 15.9 Å². The molecule has 1 aromatic carbocycles. The summed E-state index contributed by atoms with van der Waals surface area (Å²) in [6.45, 7) is 2.12. The molecule has 1 saturated carbocycles. The van der Waals surface area contributed by atoms with Crippen molar-refractivity contribution in [3.05, 3.63) is 35.6 Å². The Morgan fingerprint density at radius 3 is 2.81 bits per heavy atom. The van der Waals surface area contributed by atoms with E-state index in [2.05, 4.69) is 29.5 Å². The maximum absolute atomic E-state index is 13.1. The van der Waals surface area contributed by atoms with Crippen molar-refractivity contribution in [2.24, 2.45) is 5.92 Å². The van der Waals surface area contributed by atoms with Crippen LogP contribution in [-0.4, -0.2) is 10.5 Å². The molecular formula is C13H16FIO. The lowest BCUT2D eigenvalue weighted by molar-refractivity contribution is -0.000753. The zero-order chi connectivity index (χ0) is 11.5. The van der Waals surface area contributed by atoms with Crippen molar-refractivity contribution in [2.45, 2.75) is 32.0 Å². The standard InChI is InChI=1S/C13H16FIO/c1-9(10-5-6-10)16-13(8-15)11-3-2-4-12(14)7-11/h2-4,7,9-10,13H,5-6,8H2,1H3. The van der Waals surface area contributed by atoms with Gasteiger partial charge in [0.1, 0.15) is 5.82 Å². The highest BCUT2D eigenvalue weighted by Crippen LogP contribution is 2.36. The number of hydrogen-bond acceptors (Lipinski definition) is 1. The Bertz CT molecular complexity index is 352. The Hall–Kier alpha value is -0.160. The fourth-order valence-corrected chi connectivity index (χ4v) is 2.56. The fraction of sp³-hybridized carbons (Fsp3) is 0.538. The summed E-state index contributed by atoms with van der Waals surface area (Å²) in [5.41, 5.74) is 0.946. The van der Waals surface area contributed by atoms with Crippen molar-refractivity contribution in [1.82, 2.24) is 0 Å².